The van der Waals surface area contributed by atoms with Gasteiger partial charge in [0.05, 0.1) is 0 Å². The molecule has 1 aromatic rings. The van der Waals surface area contributed by atoms with E-state index in [-0.39, 0.29) is 6.04 Å². The predicted molar refractivity (Wildman–Crippen MR) is 64.5 cm³/mol. The number of nitrogens with one attached hydrogen (secondary N) is 1. The van der Waals surface area contributed by atoms with Gasteiger partial charge in [0.15, 0.2) is 0 Å². The summed E-state index contributed by atoms with van der Waals surface area (Å²) in [5.74, 6) is -0.776. The molecule has 3 heteroatoms. The van der Waals surface area contributed by atoms with Gasteiger partial charge >= 0.3 is 5.97 Å². The van der Waals surface area contributed by atoms with E-state index in [0.717, 1.165) is 6.42 Å². The lowest BCUT2D eigenvalue weighted by molar-refractivity contribution is -0.139. The Kier molecular flexibility index (Phi) is 4.99. The van der Waals surface area contributed by atoms with E-state index in [1.165, 1.54) is 5.56 Å². The second-order valence-electron chi connectivity index (χ2n) is 4.06. The molecule has 16 heavy (non-hydrogen) atoms. The summed E-state index contributed by atoms with van der Waals surface area (Å²) >= 11 is 0. The summed E-state index contributed by atoms with van der Waals surface area (Å²) in [6.45, 7) is 3.89. The first kappa shape index (κ1) is 12.7. The Morgan fingerprint density at radius 3 is 2.50 bits per heavy atom. The monoisotopic (exact) mass is 221 g/mol. The van der Waals surface area contributed by atoms with Crippen LogP contribution in [0.2, 0.25) is 0 Å². The molecule has 3 nitrogen and oxygen atoms in total. The standard InChI is InChI=1S/C13H19NO2/c1-3-12(13(15)16)14-10(2)9-11-7-5-4-6-8-11/h4-8,10,12,14H,3,9H2,1-2H3,(H,15,16). The highest BCUT2D eigenvalue weighted by atomic mass is 16.4. The summed E-state index contributed by atoms with van der Waals surface area (Å²) in [5.41, 5.74) is 1.22. The summed E-state index contributed by atoms with van der Waals surface area (Å²) in [7, 11) is 0. The van der Waals surface area contributed by atoms with Crippen molar-refractivity contribution in [3.8, 4) is 0 Å². The Morgan fingerprint density at radius 1 is 1.38 bits per heavy atom. The molecule has 0 bridgehead atoms. The van der Waals surface area contributed by atoms with E-state index in [4.69, 9.17) is 5.11 Å². The first-order valence-corrected chi connectivity index (χ1v) is 5.66. The molecule has 0 aliphatic carbocycles. The zero-order chi connectivity index (χ0) is 12.0. The van der Waals surface area contributed by atoms with Crippen molar-refractivity contribution in [3.63, 3.8) is 0 Å². The second kappa shape index (κ2) is 6.28. The van der Waals surface area contributed by atoms with Gasteiger partial charge in [-0.25, -0.2) is 0 Å². The molecule has 88 valence electrons. The highest BCUT2D eigenvalue weighted by Gasteiger charge is 2.16. The fraction of sp³-hybridized carbons (Fsp3) is 0.462. The van der Waals surface area contributed by atoms with Crippen molar-refractivity contribution in [1.82, 2.24) is 5.32 Å². The lowest BCUT2D eigenvalue weighted by atomic mass is 10.1. The molecule has 1 rings (SSSR count). The van der Waals surface area contributed by atoms with Crippen LogP contribution in [0.5, 0.6) is 0 Å². The lowest BCUT2D eigenvalue weighted by Crippen LogP contribution is -2.42. The van der Waals surface area contributed by atoms with Crippen molar-refractivity contribution in [3.05, 3.63) is 35.9 Å². The van der Waals surface area contributed by atoms with Crippen molar-refractivity contribution >= 4 is 5.97 Å². The van der Waals surface area contributed by atoms with Gasteiger partial charge in [0.25, 0.3) is 0 Å². The molecule has 0 aliphatic heterocycles. The maximum Gasteiger partial charge on any atom is 0.320 e. The molecule has 0 heterocycles. The normalized spacial score (nSPS) is 14.4. The molecule has 2 N–H and O–H groups in total. The maximum atomic E-state index is 10.9. The van der Waals surface area contributed by atoms with Crippen molar-refractivity contribution in [2.45, 2.75) is 38.8 Å². The van der Waals surface area contributed by atoms with Crippen molar-refractivity contribution in [1.29, 1.82) is 0 Å². The minimum absolute atomic E-state index is 0.170. The van der Waals surface area contributed by atoms with Crippen molar-refractivity contribution in [2.24, 2.45) is 0 Å². The van der Waals surface area contributed by atoms with E-state index in [1.54, 1.807) is 0 Å². The minimum atomic E-state index is -0.776. The van der Waals surface area contributed by atoms with Crippen LogP contribution in [0.25, 0.3) is 0 Å². The first-order chi connectivity index (χ1) is 7.63. The molecule has 1 aromatic carbocycles. The summed E-state index contributed by atoms with van der Waals surface area (Å²) in [5, 5.41) is 12.0. The van der Waals surface area contributed by atoms with Crippen LogP contribution in [0.4, 0.5) is 0 Å². The van der Waals surface area contributed by atoms with Crippen LogP contribution < -0.4 is 5.32 Å². The third-order valence-corrected chi connectivity index (χ3v) is 2.58. The Balaban J connectivity index is 2.47. The van der Waals surface area contributed by atoms with E-state index < -0.39 is 12.0 Å². The summed E-state index contributed by atoms with van der Waals surface area (Å²) in [4.78, 5) is 10.9. The molecular weight excluding hydrogens is 202 g/mol. The van der Waals surface area contributed by atoms with Crippen LogP contribution >= 0.6 is 0 Å². The van der Waals surface area contributed by atoms with Crippen LogP contribution in [-0.2, 0) is 11.2 Å². The number of carboxylic acids is 1. The zero-order valence-electron chi connectivity index (χ0n) is 9.81. The van der Waals surface area contributed by atoms with Crippen LogP contribution in [0.1, 0.15) is 25.8 Å². The Bertz CT molecular complexity index is 324. The molecule has 2 unspecified atom stereocenters. The lowest BCUT2D eigenvalue weighted by Gasteiger charge is -2.18. The molecule has 0 aliphatic rings. The van der Waals surface area contributed by atoms with Gasteiger partial charge < -0.3 is 10.4 Å². The summed E-state index contributed by atoms with van der Waals surface area (Å²) in [6, 6.07) is 9.81. The van der Waals surface area contributed by atoms with E-state index in [2.05, 4.69) is 17.4 Å². The smallest absolute Gasteiger partial charge is 0.320 e. The highest BCUT2D eigenvalue weighted by Crippen LogP contribution is 2.04. The molecule has 0 aromatic heterocycles. The Morgan fingerprint density at radius 2 is 2.00 bits per heavy atom. The zero-order valence-corrected chi connectivity index (χ0v) is 9.81. The van der Waals surface area contributed by atoms with Crippen LogP contribution in [-0.4, -0.2) is 23.2 Å². The third-order valence-electron chi connectivity index (χ3n) is 2.58. The van der Waals surface area contributed by atoms with E-state index in [9.17, 15) is 4.79 Å². The summed E-state index contributed by atoms with van der Waals surface area (Å²) in [6.07, 6.45) is 1.46. The molecule has 2 atom stereocenters. The second-order valence-corrected chi connectivity index (χ2v) is 4.06. The topological polar surface area (TPSA) is 49.3 Å². The fourth-order valence-electron chi connectivity index (χ4n) is 1.73. The quantitative estimate of drug-likeness (QED) is 0.773. The predicted octanol–water partition coefficient (Wildman–Crippen LogP) is 2.07. The fourth-order valence-corrected chi connectivity index (χ4v) is 1.73. The largest absolute Gasteiger partial charge is 0.480 e. The Hall–Kier alpha value is -1.35. The SMILES string of the molecule is CCC(NC(C)Cc1ccccc1)C(=O)O. The number of benzene rings is 1. The van der Waals surface area contributed by atoms with Gasteiger partial charge in [-0.2, -0.15) is 0 Å². The number of rotatable bonds is 6. The molecular formula is C13H19NO2. The van der Waals surface area contributed by atoms with Gasteiger partial charge in [0.1, 0.15) is 6.04 Å². The Labute approximate surface area is 96.5 Å². The molecule has 0 spiro atoms. The van der Waals surface area contributed by atoms with E-state index in [0.29, 0.717) is 6.42 Å². The van der Waals surface area contributed by atoms with Gasteiger partial charge in [0.2, 0.25) is 0 Å². The number of carbonyl (C=O) groups is 1. The van der Waals surface area contributed by atoms with E-state index >= 15 is 0 Å². The van der Waals surface area contributed by atoms with Crippen LogP contribution in [0.15, 0.2) is 30.3 Å². The van der Waals surface area contributed by atoms with Crippen LogP contribution in [0.3, 0.4) is 0 Å². The van der Waals surface area contributed by atoms with Gasteiger partial charge in [0, 0.05) is 6.04 Å². The van der Waals surface area contributed by atoms with Gasteiger partial charge in [-0.1, -0.05) is 37.3 Å². The average Bonchev–Trinajstić information content (AvgIpc) is 2.27. The maximum absolute atomic E-state index is 10.9. The molecule has 0 radical (unpaired) electrons. The summed E-state index contributed by atoms with van der Waals surface area (Å²) < 4.78 is 0. The van der Waals surface area contributed by atoms with Gasteiger partial charge in [-0.3, -0.25) is 4.79 Å². The molecule has 0 saturated heterocycles. The number of carboxylic acid groups (broad SMARTS) is 1. The molecule has 0 amide bonds. The highest BCUT2D eigenvalue weighted by molar-refractivity contribution is 5.73. The van der Waals surface area contributed by atoms with Crippen LogP contribution in [0, 0.1) is 0 Å². The molecule has 0 fully saturated rings. The van der Waals surface area contributed by atoms with E-state index in [1.807, 2.05) is 32.0 Å². The van der Waals surface area contributed by atoms with Crippen molar-refractivity contribution in [2.75, 3.05) is 0 Å². The number of hydrogen-bond acceptors (Lipinski definition) is 2. The number of aliphatic carboxylic acids is 1. The average molecular weight is 221 g/mol. The van der Waals surface area contributed by atoms with Crippen molar-refractivity contribution < 1.29 is 9.90 Å². The number of hydrogen-bond donors (Lipinski definition) is 2. The van der Waals surface area contributed by atoms with Gasteiger partial charge in [-0.05, 0) is 25.3 Å². The third kappa shape index (κ3) is 4.03. The first-order valence-electron chi connectivity index (χ1n) is 5.66. The minimum Gasteiger partial charge on any atom is -0.480 e. The molecule has 0 saturated carbocycles. The van der Waals surface area contributed by atoms with Gasteiger partial charge in [-0.15, -0.1) is 0 Å².